The molecule has 0 aliphatic heterocycles. The summed E-state index contributed by atoms with van der Waals surface area (Å²) in [5.74, 6) is -1.29. The number of carbonyl (C=O) groups is 3. The standard InChI is InChI=1S/C18H16F3NO4S/c1-11(23)22-9-14-6-7-16(27-14)15(24)10-26-17(25)8-12-2-4-13(5-3-12)18(19,20)21/h2-7H,8-10H2,1H3,(H,22,23). The number of hydrogen-bond donors (Lipinski definition) is 1. The Morgan fingerprint density at radius 2 is 1.74 bits per heavy atom. The van der Waals surface area contributed by atoms with Crippen molar-refractivity contribution in [1.82, 2.24) is 5.32 Å². The highest BCUT2D eigenvalue weighted by molar-refractivity contribution is 7.14. The van der Waals surface area contributed by atoms with Gasteiger partial charge in [0.1, 0.15) is 0 Å². The summed E-state index contributed by atoms with van der Waals surface area (Å²) < 4.78 is 42.4. The minimum Gasteiger partial charge on any atom is -0.457 e. The number of carbonyl (C=O) groups excluding carboxylic acids is 3. The van der Waals surface area contributed by atoms with Gasteiger partial charge < -0.3 is 10.1 Å². The maximum atomic E-state index is 12.5. The Morgan fingerprint density at radius 1 is 1.07 bits per heavy atom. The van der Waals surface area contributed by atoms with Crippen LogP contribution in [0, 0.1) is 0 Å². The number of ether oxygens (including phenoxy) is 1. The van der Waals surface area contributed by atoms with Gasteiger partial charge in [-0.05, 0) is 29.8 Å². The van der Waals surface area contributed by atoms with Crippen molar-refractivity contribution >= 4 is 29.0 Å². The first-order valence-corrected chi connectivity index (χ1v) is 8.65. The van der Waals surface area contributed by atoms with E-state index in [1.165, 1.54) is 30.4 Å². The van der Waals surface area contributed by atoms with Gasteiger partial charge in [0.05, 0.1) is 23.4 Å². The highest BCUT2D eigenvalue weighted by Crippen LogP contribution is 2.29. The third kappa shape index (κ3) is 6.52. The molecule has 0 saturated heterocycles. The Morgan fingerprint density at radius 3 is 2.33 bits per heavy atom. The van der Waals surface area contributed by atoms with Gasteiger partial charge in [-0.25, -0.2) is 0 Å². The molecular weight excluding hydrogens is 383 g/mol. The first-order chi connectivity index (χ1) is 12.6. The number of benzene rings is 1. The normalized spacial score (nSPS) is 11.1. The van der Waals surface area contributed by atoms with Gasteiger partial charge in [0.15, 0.2) is 6.61 Å². The molecule has 0 saturated carbocycles. The van der Waals surface area contributed by atoms with Crippen LogP contribution in [0.1, 0.15) is 32.6 Å². The van der Waals surface area contributed by atoms with Crippen molar-refractivity contribution in [3.63, 3.8) is 0 Å². The fraction of sp³-hybridized carbons (Fsp3) is 0.278. The number of amides is 1. The predicted molar refractivity (Wildman–Crippen MR) is 92.3 cm³/mol. The summed E-state index contributed by atoms with van der Waals surface area (Å²) in [7, 11) is 0. The summed E-state index contributed by atoms with van der Waals surface area (Å²) in [5.41, 5.74) is -0.447. The quantitative estimate of drug-likeness (QED) is 0.572. The lowest BCUT2D eigenvalue weighted by molar-refractivity contribution is -0.141. The molecule has 9 heteroatoms. The topological polar surface area (TPSA) is 72.5 Å². The first kappa shape index (κ1) is 20.6. The molecule has 0 aliphatic rings. The molecule has 1 heterocycles. The second-order valence-corrected chi connectivity index (χ2v) is 6.80. The lowest BCUT2D eigenvalue weighted by Gasteiger charge is -2.07. The van der Waals surface area contributed by atoms with Crippen LogP contribution >= 0.6 is 11.3 Å². The second-order valence-electron chi connectivity index (χ2n) is 5.63. The number of halogens is 3. The van der Waals surface area contributed by atoms with E-state index in [0.29, 0.717) is 17.0 Å². The molecule has 2 aromatic rings. The molecule has 27 heavy (non-hydrogen) atoms. The van der Waals surface area contributed by atoms with Crippen molar-refractivity contribution in [2.75, 3.05) is 6.61 Å². The third-order valence-electron chi connectivity index (χ3n) is 3.44. The van der Waals surface area contributed by atoms with Gasteiger partial charge in [0, 0.05) is 11.8 Å². The van der Waals surface area contributed by atoms with Gasteiger partial charge in [0.2, 0.25) is 11.7 Å². The Hall–Kier alpha value is -2.68. The van der Waals surface area contributed by atoms with E-state index in [1.54, 1.807) is 12.1 Å². The van der Waals surface area contributed by atoms with E-state index in [-0.39, 0.29) is 12.3 Å². The molecule has 0 atom stereocenters. The molecule has 0 spiro atoms. The number of thiophene rings is 1. The van der Waals surface area contributed by atoms with Crippen LogP contribution in [0.5, 0.6) is 0 Å². The largest absolute Gasteiger partial charge is 0.457 e. The van der Waals surface area contributed by atoms with Crippen LogP contribution in [0.2, 0.25) is 0 Å². The van der Waals surface area contributed by atoms with E-state index in [9.17, 15) is 27.6 Å². The molecule has 0 fully saturated rings. The monoisotopic (exact) mass is 399 g/mol. The number of Topliss-reactive ketones (excluding diaryl/α,β-unsaturated/α-hetero) is 1. The lowest BCUT2D eigenvalue weighted by atomic mass is 10.1. The fourth-order valence-electron chi connectivity index (χ4n) is 2.08. The minimum absolute atomic E-state index is 0.187. The number of hydrogen-bond acceptors (Lipinski definition) is 5. The van der Waals surface area contributed by atoms with Crippen LogP contribution in [0.3, 0.4) is 0 Å². The van der Waals surface area contributed by atoms with Crippen LogP contribution in [-0.2, 0) is 33.5 Å². The minimum atomic E-state index is -4.44. The second kappa shape index (κ2) is 8.81. The highest BCUT2D eigenvalue weighted by atomic mass is 32.1. The SMILES string of the molecule is CC(=O)NCc1ccc(C(=O)COC(=O)Cc2ccc(C(F)(F)F)cc2)s1. The van der Waals surface area contributed by atoms with E-state index in [1.807, 2.05) is 0 Å². The van der Waals surface area contributed by atoms with Crippen molar-refractivity contribution in [2.24, 2.45) is 0 Å². The lowest BCUT2D eigenvalue weighted by Crippen LogP contribution is -2.18. The molecular formula is C18H16F3NO4S. The summed E-state index contributed by atoms with van der Waals surface area (Å²) in [6.45, 7) is 1.23. The third-order valence-corrected chi connectivity index (χ3v) is 4.57. The van der Waals surface area contributed by atoms with E-state index >= 15 is 0 Å². The molecule has 0 unspecified atom stereocenters. The molecule has 2 rings (SSSR count). The smallest absolute Gasteiger partial charge is 0.416 e. The van der Waals surface area contributed by atoms with Gasteiger partial charge in [-0.1, -0.05) is 12.1 Å². The average Bonchev–Trinajstić information content (AvgIpc) is 3.06. The summed E-state index contributed by atoms with van der Waals surface area (Å²) in [6.07, 6.45) is -4.67. The van der Waals surface area contributed by atoms with Crippen molar-refractivity contribution < 1.29 is 32.3 Å². The van der Waals surface area contributed by atoms with E-state index < -0.39 is 30.1 Å². The molecule has 1 aromatic heterocycles. The Bertz CT molecular complexity index is 828. The van der Waals surface area contributed by atoms with Gasteiger partial charge in [0.25, 0.3) is 0 Å². The maximum absolute atomic E-state index is 12.5. The summed E-state index contributed by atoms with van der Waals surface area (Å²) in [4.78, 5) is 35.8. The zero-order chi connectivity index (χ0) is 20.0. The predicted octanol–water partition coefficient (Wildman–Crippen LogP) is 3.37. The number of ketones is 1. The Kier molecular flexibility index (Phi) is 6.73. The van der Waals surface area contributed by atoms with Gasteiger partial charge >= 0.3 is 12.1 Å². The fourth-order valence-corrected chi connectivity index (χ4v) is 2.95. The van der Waals surface area contributed by atoms with Crippen molar-refractivity contribution in [3.8, 4) is 0 Å². The summed E-state index contributed by atoms with van der Waals surface area (Å²) in [5, 5.41) is 2.61. The molecule has 1 N–H and O–H groups in total. The van der Waals surface area contributed by atoms with Crippen LogP contribution < -0.4 is 5.32 Å². The average molecular weight is 399 g/mol. The van der Waals surface area contributed by atoms with E-state index in [0.717, 1.165) is 17.0 Å². The molecule has 1 aromatic carbocycles. The number of nitrogens with one attached hydrogen (secondary N) is 1. The Balaban J connectivity index is 1.83. The summed E-state index contributed by atoms with van der Waals surface area (Å²) in [6, 6.07) is 7.43. The summed E-state index contributed by atoms with van der Waals surface area (Å²) >= 11 is 1.18. The van der Waals surface area contributed by atoms with Crippen LogP contribution in [0.15, 0.2) is 36.4 Å². The number of alkyl halides is 3. The van der Waals surface area contributed by atoms with Crippen LogP contribution in [0.4, 0.5) is 13.2 Å². The zero-order valence-electron chi connectivity index (χ0n) is 14.3. The number of esters is 1. The van der Waals surface area contributed by atoms with Crippen molar-refractivity contribution in [2.45, 2.75) is 26.1 Å². The van der Waals surface area contributed by atoms with Gasteiger partial charge in [-0.3, -0.25) is 14.4 Å². The van der Waals surface area contributed by atoms with Crippen LogP contribution in [-0.4, -0.2) is 24.3 Å². The molecule has 0 radical (unpaired) electrons. The molecule has 1 amide bonds. The molecule has 5 nitrogen and oxygen atoms in total. The van der Waals surface area contributed by atoms with Gasteiger partial charge in [-0.2, -0.15) is 13.2 Å². The molecule has 144 valence electrons. The zero-order valence-corrected chi connectivity index (χ0v) is 15.1. The highest BCUT2D eigenvalue weighted by Gasteiger charge is 2.30. The first-order valence-electron chi connectivity index (χ1n) is 7.83. The Labute approximate surface area is 157 Å². The van der Waals surface area contributed by atoms with E-state index in [4.69, 9.17) is 4.74 Å². The maximum Gasteiger partial charge on any atom is 0.416 e. The number of rotatable bonds is 7. The van der Waals surface area contributed by atoms with E-state index in [2.05, 4.69) is 5.32 Å². The molecule has 0 bridgehead atoms. The van der Waals surface area contributed by atoms with Crippen molar-refractivity contribution in [3.05, 3.63) is 57.3 Å². The molecule has 0 aliphatic carbocycles. The van der Waals surface area contributed by atoms with Crippen LogP contribution in [0.25, 0.3) is 0 Å². The van der Waals surface area contributed by atoms with Gasteiger partial charge in [-0.15, -0.1) is 11.3 Å². The van der Waals surface area contributed by atoms with Crippen molar-refractivity contribution in [1.29, 1.82) is 0 Å².